The number of nitrogens with zero attached hydrogens (tertiary/aromatic N) is 2. The molecule has 0 unspecified atom stereocenters. The van der Waals surface area contributed by atoms with Crippen molar-refractivity contribution < 1.29 is 4.74 Å². The first-order valence-electron chi connectivity index (χ1n) is 8.72. The van der Waals surface area contributed by atoms with Crippen molar-refractivity contribution in [1.82, 2.24) is 9.80 Å². The van der Waals surface area contributed by atoms with Gasteiger partial charge in [-0.05, 0) is 64.8 Å². The van der Waals surface area contributed by atoms with E-state index in [-0.39, 0.29) is 5.60 Å². The molecule has 1 saturated heterocycles. The van der Waals surface area contributed by atoms with Crippen LogP contribution < -0.4 is 0 Å². The third-order valence-electron chi connectivity index (χ3n) is 4.44. The Morgan fingerprint density at radius 2 is 1.83 bits per heavy atom. The van der Waals surface area contributed by atoms with Crippen LogP contribution in [0.3, 0.4) is 0 Å². The lowest BCUT2D eigenvalue weighted by Gasteiger charge is -2.38. The summed E-state index contributed by atoms with van der Waals surface area (Å²) in [5.41, 5.74) is 1.08. The lowest BCUT2D eigenvalue weighted by Crippen LogP contribution is -2.47. The van der Waals surface area contributed by atoms with Crippen LogP contribution in [0, 0.1) is 5.41 Å². The predicted molar refractivity (Wildman–Crippen MR) is 104 cm³/mol. The molecule has 0 aliphatic carbocycles. The van der Waals surface area contributed by atoms with Crippen LogP contribution in [0.4, 0.5) is 0 Å². The Kier molecular flexibility index (Phi) is 6.70. The summed E-state index contributed by atoms with van der Waals surface area (Å²) in [5.74, 6) is 0. The number of piperidine rings is 1. The zero-order chi connectivity index (χ0) is 17.7. The highest BCUT2D eigenvalue weighted by molar-refractivity contribution is 9.10. The highest BCUT2D eigenvalue weighted by atomic mass is 79.9. The molecule has 0 spiro atoms. The second-order valence-corrected chi connectivity index (χ2v) is 8.51. The summed E-state index contributed by atoms with van der Waals surface area (Å²) < 4.78 is 6.81. The van der Waals surface area contributed by atoms with Crippen molar-refractivity contribution in [2.75, 3.05) is 26.7 Å². The highest BCUT2D eigenvalue weighted by Gasteiger charge is 2.26. The summed E-state index contributed by atoms with van der Waals surface area (Å²) in [5, 5.41) is 8.11. The van der Waals surface area contributed by atoms with Crippen molar-refractivity contribution in [1.29, 1.82) is 5.41 Å². The molecule has 1 aliphatic rings. The van der Waals surface area contributed by atoms with Gasteiger partial charge in [-0.1, -0.05) is 28.1 Å². The SMILES string of the molecule is CN(CCc1ccc(Br)cc1)C1CCN(C(=N)OC(C)(C)C)CC1. The number of benzene rings is 1. The molecule has 1 heterocycles. The maximum absolute atomic E-state index is 8.11. The quantitative estimate of drug-likeness (QED) is 0.614. The van der Waals surface area contributed by atoms with Gasteiger partial charge in [0.1, 0.15) is 5.60 Å². The summed E-state index contributed by atoms with van der Waals surface area (Å²) >= 11 is 3.48. The molecule has 24 heavy (non-hydrogen) atoms. The molecule has 1 aromatic rings. The summed E-state index contributed by atoms with van der Waals surface area (Å²) in [6.45, 7) is 8.85. The van der Waals surface area contributed by atoms with E-state index < -0.39 is 0 Å². The first-order chi connectivity index (χ1) is 11.2. The normalized spacial score (nSPS) is 16.5. The van der Waals surface area contributed by atoms with Gasteiger partial charge in [0.2, 0.25) is 0 Å². The molecule has 134 valence electrons. The van der Waals surface area contributed by atoms with Gasteiger partial charge in [-0.25, -0.2) is 0 Å². The number of likely N-dealkylation sites (N-methyl/N-ethyl adjacent to an activating group) is 1. The minimum Gasteiger partial charge on any atom is -0.460 e. The number of halogens is 1. The largest absolute Gasteiger partial charge is 0.460 e. The molecule has 1 aliphatic heterocycles. The Labute approximate surface area is 154 Å². The Balaban J connectivity index is 1.75. The Hall–Kier alpha value is -1.07. The monoisotopic (exact) mass is 395 g/mol. The number of hydrogen-bond acceptors (Lipinski definition) is 3. The van der Waals surface area contributed by atoms with Crippen molar-refractivity contribution in [3.63, 3.8) is 0 Å². The zero-order valence-corrected chi connectivity index (χ0v) is 16.9. The summed E-state index contributed by atoms with van der Waals surface area (Å²) in [7, 11) is 2.22. The maximum Gasteiger partial charge on any atom is 0.284 e. The molecule has 2 rings (SSSR count). The van der Waals surface area contributed by atoms with Crippen LogP contribution >= 0.6 is 15.9 Å². The molecule has 0 saturated carbocycles. The van der Waals surface area contributed by atoms with E-state index in [0.717, 1.165) is 43.4 Å². The first-order valence-corrected chi connectivity index (χ1v) is 9.51. The standard InChI is InChI=1S/C19H30BrN3O/c1-19(2,3)24-18(21)23-13-10-17(11-14-23)22(4)12-9-15-5-7-16(20)8-6-15/h5-8,17,21H,9-14H2,1-4H3. The third-order valence-corrected chi connectivity index (χ3v) is 4.97. The van der Waals surface area contributed by atoms with Crippen LogP contribution in [-0.2, 0) is 11.2 Å². The van der Waals surface area contributed by atoms with Crippen LogP contribution in [0.15, 0.2) is 28.7 Å². The summed E-state index contributed by atoms with van der Waals surface area (Å²) in [6.07, 6.45) is 3.26. The number of hydrogen-bond donors (Lipinski definition) is 1. The van der Waals surface area contributed by atoms with Crippen LogP contribution in [-0.4, -0.2) is 54.1 Å². The molecule has 0 bridgehead atoms. The molecular weight excluding hydrogens is 366 g/mol. The predicted octanol–water partition coefficient (Wildman–Crippen LogP) is 4.14. The molecule has 0 atom stereocenters. The topological polar surface area (TPSA) is 39.6 Å². The van der Waals surface area contributed by atoms with Crippen LogP contribution in [0.25, 0.3) is 0 Å². The minimum atomic E-state index is -0.296. The molecular formula is C19H30BrN3O. The molecule has 0 amide bonds. The molecule has 0 aromatic heterocycles. The molecule has 1 N–H and O–H groups in total. The number of likely N-dealkylation sites (tertiary alicyclic amines) is 1. The van der Waals surface area contributed by atoms with Crippen LogP contribution in [0.5, 0.6) is 0 Å². The smallest absolute Gasteiger partial charge is 0.284 e. The lowest BCUT2D eigenvalue weighted by atomic mass is 10.0. The fraction of sp³-hybridized carbons (Fsp3) is 0.632. The van der Waals surface area contributed by atoms with E-state index in [1.807, 2.05) is 20.8 Å². The fourth-order valence-electron chi connectivity index (χ4n) is 3.00. The summed E-state index contributed by atoms with van der Waals surface area (Å²) in [6, 6.07) is 9.50. The molecule has 1 aromatic carbocycles. The van der Waals surface area contributed by atoms with E-state index in [9.17, 15) is 0 Å². The molecule has 4 nitrogen and oxygen atoms in total. The Morgan fingerprint density at radius 3 is 2.38 bits per heavy atom. The van der Waals surface area contributed by atoms with Crippen molar-refractivity contribution in [2.24, 2.45) is 0 Å². The Bertz CT molecular complexity index is 531. The molecule has 0 radical (unpaired) electrons. The number of amidine groups is 1. The van der Waals surface area contributed by atoms with Gasteiger partial charge in [0.05, 0.1) is 0 Å². The highest BCUT2D eigenvalue weighted by Crippen LogP contribution is 2.18. The van der Waals surface area contributed by atoms with E-state index >= 15 is 0 Å². The van der Waals surface area contributed by atoms with Crippen molar-refractivity contribution in [3.05, 3.63) is 34.3 Å². The second-order valence-electron chi connectivity index (χ2n) is 7.59. The lowest BCUT2D eigenvalue weighted by molar-refractivity contribution is 0.0713. The van der Waals surface area contributed by atoms with Crippen LogP contribution in [0.1, 0.15) is 39.2 Å². The van der Waals surface area contributed by atoms with Crippen molar-refractivity contribution in [3.8, 4) is 0 Å². The van der Waals surface area contributed by atoms with Crippen molar-refractivity contribution in [2.45, 2.75) is 51.7 Å². The van der Waals surface area contributed by atoms with E-state index in [4.69, 9.17) is 10.1 Å². The number of rotatable bonds is 4. The molecule has 5 heteroatoms. The first kappa shape index (κ1) is 19.3. The van der Waals surface area contributed by atoms with Gasteiger partial charge in [0, 0.05) is 30.1 Å². The van der Waals surface area contributed by atoms with Gasteiger partial charge in [0.25, 0.3) is 6.02 Å². The van der Waals surface area contributed by atoms with Gasteiger partial charge in [-0.2, -0.15) is 0 Å². The average Bonchev–Trinajstić information content (AvgIpc) is 2.52. The van der Waals surface area contributed by atoms with E-state index in [1.54, 1.807) is 0 Å². The Morgan fingerprint density at radius 1 is 1.25 bits per heavy atom. The van der Waals surface area contributed by atoms with E-state index in [0.29, 0.717) is 12.1 Å². The molecule has 1 fully saturated rings. The van der Waals surface area contributed by atoms with Gasteiger partial charge < -0.3 is 14.5 Å². The van der Waals surface area contributed by atoms with Gasteiger partial charge >= 0.3 is 0 Å². The van der Waals surface area contributed by atoms with E-state index in [2.05, 4.69) is 57.0 Å². The van der Waals surface area contributed by atoms with Gasteiger partial charge in [0.15, 0.2) is 0 Å². The third kappa shape index (κ3) is 6.10. The average molecular weight is 396 g/mol. The number of ether oxygens (including phenoxy) is 1. The maximum atomic E-state index is 8.11. The zero-order valence-electron chi connectivity index (χ0n) is 15.3. The van der Waals surface area contributed by atoms with Crippen LogP contribution in [0.2, 0.25) is 0 Å². The van der Waals surface area contributed by atoms with Crippen molar-refractivity contribution >= 4 is 22.0 Å². The summed E-state index contributed by atoms with van der Waals surface area (Å²) in [4.78, 5) is 4.53. The fourth-order valence-corrected chi connectivity index (χ4v) is 3.27. The van der Waals surface area contributed by atoms with Gasteiger partial charge in [-0.3, -0.25) is 5.41 Å². The van der Waals surface area contributed by atoms with Gasteiger partial charge in [-0.15, -0.1) is 0 Å². The van der Waals surface area contributed by atoms with E-state index in [1.165, 1.54) is 5.56 Å². The second kappa shape index (κ2) is 8.34. The minimum absolute atomic E-state index is 0.296. The number of nitrogens with one attached hydrogen (secondary N) is 1.